The first kappa shape index (κ1) is 26.6. The highest BCUT2D eigenvalue weighted by Gasteiger charge is 2.02. The normalized spacial score (nSPS) is 9.86. The van der Waals surface area contributed by atoms with Gasteiger partial charge in [0.2, 0.25) is 5.91 Å². The second kappa shape index (κ2) is 17.7. The van der Waals surface area contributed by atoms with E-state index in [1.807, 2.05) is 18.2 Å². The molecule has 0 fully saturated rings. The van der Waals surface area contributed by atoms with Gasteiger partial charge < -0.3 is 10.5 Å². The summed E-state index contributed by atoms with van der Waals surface area (Å²) in [6, 6.07) is 9.14. The number of amides is 1. The number of nitrogens with two attached hydrogens (primary N) is 1. The Bertz CT molecular complexity index is 608. The van der Waals surface area contributed by atoms with Crippen LogP contribution in [0, 0.1) is 0 Å². The highest BCUT2D eigenvalue weighted by atomic mass is 16.5. The summed E-state index contributed by atoms with van der Waals surface area (Å²) in [6.45, 7) is 11.6. The van der Waals surface area contributed by atoms with Crippen molar-refractivity contribution in [3.63, 3.8) is 0 Å². The van der Waals surface area contributed by atoms with E-state index in [-0.39, 0.29) is 5.97 Å². The topological polar surface area (TPSA) is 69.4 Å². The molecule has 2 N–H and O–H groups in total. The Labute approximate surface area is 177 Å². The molecule has 0 saturated heterocycles. The van der Waals surface area contributed by atoms with Crippen LogP contribution in [0.5, 0.6) is 0 Å². The van der Waals surface area contributed by atoms with Crippen molar-refractivity contribution >= 4 is 17.4 Å². The lowest BCUT2D eigenvalue weighted by Crippen LogP contribution is -2.11. The van der Waals surface area contributed by atoms with Gasteiger partial charge in [-0.15, -0.1) is 0 Å². The largest absolute Gasteiger partial charge is 0.462 e. The fourth-order valence-electron chi connectivity index (χ4n) is 2.66. The van der Waals surface area contributed by atoms with Crippen LogP contribution in [0.3, 0.4) is 0 Å². The molecular formula is C25H39NO3. The minimum atomic E-state index is -0.476. The lowest BCUT2D eigenvalue weighted by molar-refractivity contribution is -0.139. The summed E-state index contributed by atoms with van der Waals surface area (Å²) in [5.74, 6) is -0.734. The van der Waals surface area contributed by atoms with Crippen molar-refractivity contribution < 1.29 is 14.3 Å². The molecule has 1 aromatic carbocycles. The smallest absolute Gasteiger partial charge is 0.333 e. The van der Waals surface area contributed by atoms with Crippen LogP contribution in [0.15, 0.2) is 49.1 Å². The molecule has 0 bridgehead atoms. The molecule has 1 amide bonds. The molecule has 162 valence electrons. The molecule has 0 radical (unpaired) electrons. The molecule has 29 heavy (non-hydrogen) atoms. The lowest BCUT2D eigenvalue weighted by Gasteiger charge is -2.04. The fourth-order valence-corrected chi connectivity index (χ4v) is 2.66. The molecule has 4 nitrogen and oxygen atoms in total. The summed E-state index contributed by atoms with van der Waals surface area (Å²) in [6.07, 6.45) is 13.0. The number of esters is 1. The first-order valence-corrected chi connectivity index (χ1v) is 10.8. The minimum absolute atomic E-state index is 0.258. The van der Waals surface area contributed by atoms with Crippen molar-refractivity contribution in [3.05, 3.63) is 54.6 Å². The zero-order valence-electron chi connectivity index (χ0n) is 18.4. The van der Waals surface area contributed by atoms with Crippen molar-refractivity contribution in [2.45, 2.75) is 78.1 Å². The predicted octanol–water partition coefficient (Wildman–Crippen LogP) is 6.21. The SMILES string of the molecule is C=C(C(N)=O)c1ccccc1.C=C(C)C(=O)OCCCCCCCCCCCC. The van der Waals surface area contributed by atoms with Gasteiger partial charge in [-0.3, -0.25) is 4.79 Å². The quantitative estimate of drug-likeness (QED) is 0.229. The number of rotatable bonds is 14. The molecule has 1 rings (SSSR count). The van der Waals surface area contributed by atoms with Crippen molar-refractivity contribution in [1.82, 2.24) is 0 Å². The standard InChI is InChI=1S/C16H30O2.C9H9NO/c1-4-5-6-7-8-9-10-11-12-13-14-18-16(17)15(2)3;1-7(9(10)11)8-5-3-2-4-6-8/h2,4-14H2,1,3H3;2-6H,1H2,(H2,10,11). The number of hydrogen-bond donors (Lipinski definition) is 1. The van der Waals surface area contributed by atoms with Crippen LogP contribution in [-0.2, 0) is 14.3 Å². The Morgan fingerprint density at radius 2 is 1.34 bits per heavy atom. The molecule has 4 heteroatoms. The van der Waals surface area contributed by atoms with Gasteiger partial charge in [-0.2, -0.15) is 0 Å². The van der Waals surface area contributed by atoms with Crippen molar-refractivity contribution in [2.24, 2.45) is 5.73 Å². The molecule has 0 aromatic heterocycles. The number of carbonyl (C=O) groups is 2. The molecular weight excluding hydrogens is 362 g/mol. The fraction of sp³-hybridized carbons (Fsp3) is 0.520. The number of hydrogen-bond acceptors (Lipinski definition) is 3. The van der Waals surface area contributed by atoms with E-state index >= 15 is 0 Å². The summed E-state index contributed by atoms with van der Waals surface area (Å²) in [5, 5.41) is 0. The van der Waals surface area contributed by atoms with E-state index in [1.54, 1.807) is 19.1 Å². The molecule has 0 atom stereocenters. The Hall–Kier alpha value is -2.36. The van der Waals surface area contributed by atoms with Crippen LogP contribution in [0.4, 0.5) is 0 Å². The molecule has 0 heterocycles. The molecule has 0 aliphatic carbocycles. The zero-order valence-corrected chi connectivity index (χ0v) is 18.4. The number of benzene rings is 1. The zero-order chi connectivity index (χ0) is 21.9. The van der Waals surface area contributed by atoms with Crippen LogP contribution >= 0.6 is 0 Å². The number of primary amides is 1. The highest BCUT2D eigenvalue weighted by Crippen LogP contribution is 2.11. The Balaban J connectivity index is 0.000000604. The van der Waals surface area contributed by atoms with Crippen LogP contribution in [-0.4, -0.2) is 18.5 Å². The summed E-state index contributed by atoms with van der Waals surface area (Å²) in [7, 11) is 0. The second-order valence-corrected chi connectivity index (χ2v) is 7.31. The maximum atomic E-state index is 11.1. The van der Waals surface area contributed by atoms with Gasteiger partial charge in [-0.05, 0) is 18.9 Å². The maximum Gasteiger partial charge on any atom is 0.333 e. The van der Waals surface area contributed by atoms with Crippen LogP contribution in [0.2, 0.25) is 0 Å². The molecule has 1 aromatic rings. The van der Waals surface area contributed by atoms with E-state index < -0.39 is 5.91 Å². The highest BCUT2D eigenvalue weighted by molar-refractivity contribution is 6.17. The van der Waals surface area contributed by atoms with E-state index in [1.165, 1.54) is 57.8 Å². The summed E-state index contributed by atoms with van der Waals surface area (Å²) < 4.78 is 5.04. The second-order valence-electron chi connectivity index (χ2n) is 7.31. The van der Waals surface area contributed by atoms with Crippen LogP contribution < -0.4 is 5.73 Å². The van der Waals surface area contributed by atoms with Gasteiger partial charge in [0.25, 0.3) is 0 Å². The predicted molar refractivity (Wildman–Crippen MR) is 122 cm³/mol. The average molecular weight is 402 g/mol. The summed E-state index contributed by atoms with van der Waals surface area (Å²) in [5.41, 5.74) is 6.65. The Morgan fingerprint density at radius 1 is 0.862 bits per heavy atom. The maximum absolute atomic E-state index is 11.1. The van der Waals surface area contributed by atoms with Gasteiger partial charge in [0.1, 0.15) is 0 Å². The van der Waals surface area contributed by atoms with E-state index in [0.29, 0.717) is 17.8 Å². The summed E-state index contributed by atoms with van der Waals surface area (Å²) in [4.78, 5) is 21.7. The number of ether oxygens (including phenoxy) is 1. The van der Waals surface area contributed by atoms with Crippen molar-refractivity contribution in [3.8, 4) is 0 Å². The van der Waals surface area contributed by atoms with Gasteiger partial charge in [0.05, 0.1) is 6.61 Å². The van der Waals surface area contributed by atoms with E-state index in [9.17, 15) is 9.59 Å². The van der Waals surface area contributed by atoms with Gasteiger partial charge >= 0.3 is 5.97 Å². The van der Waals surface area contributed by atoms with Gasteiger partial charge in [0.15, 0.2) is 0 Å². The third-order valence-corrected chi connectivity index (χ3v) is 4.50. The Morgan fingerprint density at radius 3 is 1.79 bits per heavy atom. The van der Waals surface area contributed by atoms with Gasteiger partial charge in [-0.25, -0.2) is 4.79 Å². The van der Waals surface area contributed by atoms with Crippen molar-refractivity contribution in [1.29, 1.82) is 0 Å². The van der Waals surface area contributed by atoms with Crippen molar-refractivity contribution in [2.75, 3.05) is 6.61 Å². The number of unbranched alkanes of at least 4 members (excludes halogenated alkanes) is 9. The minimum Gasteiger partial charge on any atom is -0.462 e. The van der Waals surface area contributed by atoms with E-state index in [0.717, 1.165) is 12.0 Å². The monoisotopic (exact) mass is 401 g/mol. The van der Waals surface area contributed by atoms with E-state index in [4.69, 9.17) is 10.5 Å². The molecule has 0 aliphatic heterocycles. The van der Waals surface area contributed by atoms with Crippen LogP contribution in [0.1, 0.15) is 83.6 Å². The first-order chi connectivity index (χ1) is 13.9. The Kier molecular flexibility index (Phi) is 16.3. The van der Waals surface area contributed by atoms with Crippen LogP contribution in [0.25, 0.3) is 5.57 Å². The average Bonchev–Trinajstić information content (AvgIpc) is 2.72. The first-order valence-electron chi connectivity index (χ1n) is 10.8. The van der Waals surface area contributed by atoms with Gasteiger partial charge in [-0.1, -0.05) is 108 Å². The van der Waals surface area contributed by atoms with E-state index in [2.05, 4.69) is 20.1 Å². The third-order valence-electron chi connectivity index (χ3n) is 4.50. The van der Waals surface area contributed by atoms with Gasteiger partial charge in [0, 0.05) is 11.1 Å². The molecule has 0 spiro atoms. The molecule has 0 saturated carbocycles. The molecule has 0 unspecified atom stereocenters. The number of carbonyl (C=O) groups excluding carboxylic acids is 2. The third kappa shape index (κ3) is 15.3. The molecule has 0 aliphatic rings. The lowest BCUT2D eigenvalue weighted by atomic mass is 10.1. The summed E-state index contributed by atoms with van der Waals surface area (Å²) >= 11 is 0.